The van der Waals surface area contributed by atoms with Crippen molar-refractivity contribution < 1.29 is 0 Å². The maximum Gasteiger partial charge on any atom is 0.0397 e. The summed E-state index contributed by atoms with van der Waals surface area (Å²) >= 11 is 1.94. The summed E-state index contributed by atoms with van der Waals surface area (Å²) in [5, 5.41) is 3.82. The van der Waals surface area contributed by atoms with Gasteiger partial charge in [0, 0.05) is 49.0 Å². The van der Waals surface area contributed by atoms with Crippen molar-refractivity contribution in [1.29, 1.82) is 0 Å². The lowest BCUT2D eigenvalue weighted by molar-refractivity contribution is 0.374. The molecule has 0 aliphatic carbocycles. The fourth-order valence-corrected chi connectivity index (χ4v) is 3.41. The lowest BCUT2D eigenvalue weighted by Gasteiger charge is -2.35. The summed E-state index contributed by atoms with van der Waals surface area (Å²) in [5.41, 5.74) is 1.31. The number of piperidine rings is 1. The number of hydrogen-bond acceptors (Lipinski definition) is 4. The SMILES string of the molecule is CCC(CSC)NC1CCN(c2ccncc2)CC1. The Bertz CT molecular complexity index is 350. The van der Waals surface area contributed by atoms with Crippen LogP contribution < -0.4 is 10.2 Å². The molecule has 1 atom stereocenters. The van der Waals surface area contributed by atoms with Gasteiger partial charge in [-0.1, -0.05) is 6.92 Å². The van der Waals surface area contributed by atoms with Crippen molar-refractivity contribution in [3.05, 3.63) is 24.5 Å². The second-order valence-electron chi connectivity index (χ2n) is 5.19. The van der Waals surface area contributed by atoms with Crippen LogP contribution in [0.1, 0.15) is 26.2 Å². The highest BCUT2D eigenvalue weighted by Crippen LogP contribution is 2.19. The second kappa shape index (κ2) is 7.75. The van der Waals surface area contributed by atoms with Gasteiger partial charge in [0.25, 0.3) is 0 Å². The number of anilines is 1. The number of aromatic nitrogens is 1. The van der Waals surface area contributed by atoms with Crippen LogP contribution in [0.25, 0.3) is 0 Å². The van der Waals surface area contributed by atoms with E-state index in [0.717, 1.165) is 13.1 Å². The Kier molecular flexibility index (Phi) is 5.98. The third-order valence-electron chi connectivity index (χ3n) is 3.85. The molecular weight excluding hydrogens is 254 g/mol. The van der Waals surface area contributed by atoms with Gasteiger partial charge in [0.15, 0.2) is 0 Å². The van der Waals surface area contributed by atoms with Gasteiger partial charge in [-0.05, 0) is 37.7 Å². The highest BCUT2D eigenvalue weighted by molar-refractivity contribution is 7.98. The van der Waals surface area contributed by atoms with E-state index < -0.39 is 0 Å². The number of nitrogens with zero attached hydrogens (tertiary/aromatic N) is 2. The fraction of sp³-hybridized carbons (Fsp3) is 0.667. The van der Waals surface area contributed by atoms with Gasteiger partial charge in [-0.25, -0.2) is 0 Å². The Morgan fingerprint density at radius 1 is 1.37 bits per heavy atom. The van der Waals surface area contributed by atoms with E-state index in [-0.39, 0.29) is 0 Å². The molecule has 1 aromatic heterocycles. The molecule has 3 nitrogen and oxygen atoms in total. The van der Waals surface area contributed by atoms with E-state index in [1.807, 2.05) is 24.2 Å². The molecule has 106 valence electrons. The third-order valence-corrected chi connectivity index (χ3v) is 4.59. The Morgan fingerprint density at radius 2 is 2.05 bits per heavy atom. The van der Waals surface area contributed by atoms with E-state index in [1.165, 1.54) is 30.7 Å². The number of rotatable bonds is 6. The van der Waals surface area contributed by atoms with Gasteiger partial charge in [0.1, 0.15) is 0 Å². The van der Waals surface area contributed by atoms with Gasteiger partial charge >= 0.3 is 0 Å². The maximum absolute atomic E-state index is 4.08. The first-order valence-corrected chi connectivity index (χ1v) is 8.62. The third kappa shape index (κ3) is 4.39. The van der Waals surface area contributed by atoms with E-state index in [4.69, 9.17) is 0 Å². The number of nitrogens with one attached hydrogen (secondary N) is 1. The van der Waals surface area contributed by atoms with Crippen LogP contribution in [0.15, 0.2) is 24.5 Å². The smallest absolute Gasteiger partial charge is 0.0397 e. The van der Waals surface area contributed by atoms with Crippen molar-refractivity contribution >= 4 is 17.4 Å². The first-order chi connectivity index (χ1) is 9.33. The molecule has 0 aromatic carbocycles. The quantitative estimate of drug-likeness (QED) is 0.867. The molecular formula is C15H25N3S. The van der Waals surface area contributed by atoms with Gasteiger partial charge < -0.3 is 10.2 Å². The molecule has 0 radical (unpaired) electrons. The van der Waals surface area contributed by atoms with Crippen LogP contribution >= 0.6 is 11.8 Å². The van der Waals surface area contributed by atoms with E-state index in [9.17, 15) is 0 Å². The summed E-state index contributed by atoms with van der Waals surface area (Å²) in [6.07, 6.45) is 9.67. The van der Waals surface area contributed by atoms with Crippen LogP contribution in [-0.2, 0) is 0 Å². The van der Waals surface area contributed by atoms with Crippen LogP contribution in [0, 0.1) is 0 Å². The molecule has 0 amide bonds. The summed E-state index contributed by atoms with van der Waals surface area (Å²) in [4.78, 5) is 6.55. The van der Waals surface area contributed by atoms with E-state index in [1.54, 1.807) is 0 Å². The lowest BCUT2D eigenvalue weighted by atomic mass is 10.0. The highest BCUT2D eigenvalue weighted by atomic mass is 32.2. The zero-order valence-corrected chi connectivity index (χ0v) is 12.8. The Hall–Kier alpha value is -0.740. The van der Waals surface area contributed by atoms with Gasteiger partial charge in [0.05, 0.1) is 0 Å². The molecule has 4 heteroatoms. The first kappa shape index (κ1) is 14.7. The minimum Gasteiger partial charge on any atom is -0.371 e. The van der Waals surface area contributed by atoms with Gasteiger partial charge in [-0.15, -0.1) is 0 Å². The zero-order chi connectivity index (χ0) is 13.5. The summed E-state index contributed by atoms with van der Waals surface area (Å²) in [5.74, 6) is 1.22. The largest absolute Gasteiger partial charge is 0.371 e. The fourth-order valence-electron chi connectivity index (χ4n) is 2.68. The predicted octanol–water partition coefficient (Wildman–Crippen LogP) is 2.78. The van der Waals surface area contributed by atoms with Crippen LogP contribution in [-0.4, -0.2) is 42.2 Å². The minimum absolute atomic E-state index is 0.674. The van der Waals surface area contributed by atoms with E-state index in [2.05, 4.69) is 40.5 Å². The molecule has 1 saturated heterocycles. The second-order valence-corrected chi connectivity index (χ2v) is 6.10. The zero-order valence-electron chi connectivity index (χ0n) is 12.0. The molecule has 19 heavy (non-hydrogen) atoms. The first-order valence-electron chi connectivity index (χ1n) is 7.23. The molecule has 1 fully saturated rings. The van der Waals surface area contributed by atoms with E-state index >= 15 is 0 Å². The van der Waals surface area contributed by atoms with Gasteiger partial charge in [-0.3, -0.25) is 4.98 Å². The number of thioether (sulfide) groups is 1. The molecule has 0 spiro atoms. The molecule has 1 aliphatic rings. The van der Waals surface area contributed by atoms with Crippen LogP contribution in [0.3, 0.4) is 0 Å². The number of hydrogen-bond donors (Lipinski definition) is 1. The lowest BCUT2D eigenvalue weighted by Crippen LogP contribution is -2.46. The Morgan fingerprint density at radius 3 is 2.63 bits per heavy atom. The van der Waals surface area contributed by atoms with Crippen LogP contribution in [0.4, 0.5) is 5.69 Å². The molecule has 2 rings (SSSR count). The minimum atomic E-state index is 0.674. The monoisotopic (exact) mass is 279 g/mol. The number of pyridine rings is 1. The maximum atomic E-state index is 4.08. The Labute approximate surface area is 121 Å². The van der Waals surface area contributed by atoms with Crippen molar-refractivity contribution in [3.63, 3.8) is 0 Å². The molecule has 1 N–H and O–H groups in total. The Balaban J connectivity index is 1.79. The normalized spacial score (nSPS) is 18.5. The molecule has 1 unspecified atom stereocenters. The molecule has 1 aliphatic heterocycles. The molecule has 0 saturated carbocycles. The van der Waals surface area contributed by atoms with Gasteiger partial charge in [-0.2, -0.15) is 11.8 Å². The van der Waals surface area contributed by atoms with Crippen LogP contribution in [0.5, 0.6) is 0 Å². The molecule has 1 aromatic rings. The van der Waals surface area contributed by atoms with Crippen LogP contribution in [0.2, 0.25) is 0 Å². The molecule has 0 bridgehead atoms. The van der Waals surface area contributed by atoms with E-state index in [0.29, 0.717) is 12.1 Å². The van der Waals surface area contributed by atoms with Crippen molar-refractivity contribution in [1.82, 2.24) is 10.3 Å². The topological polar surface area (TPSA) is 28.2 Å². The average molecular weight is 279 g/mol. The summed E-state index contributed by atoms with van der Waals surface area (Å²) < 4.78 is 0. The van der Waals surface area contributed by atoms with Crippen molar-refractivity contribution in [3.8, 4) is 0 Å². The standard InChI is InChI=1S/C15H25N3S/c1-3-13(12-19-2)17-14-6-10-18(11-7-14)15-4-8-16-9-5-15/h4-5,8-9,13-14,17H,3,6-7,10-12H2,1-2H3. The summed E-state index contributed by atoms with van der Waals surface area (Å²) in [6.45, 7) is 4.58. The average Bonchev–Trinajstić information content (AvgIpc) is 2.48. The van der Waals surface area contributed by atoms with Crippen molar-refractivity contribution in [2.24, 2.45) is 0 Å². The van der Waals surface area contributed by atoms with Crippen molar-refractivity contribution in [2.75, 3.05) is 30.0 Å². The summed E-state index contributed by atoms with van der Waals surface area (Å²) in [7, 11) is 0. The predicted molar refractivity (Wildman–Crippen MR) is 85.1 cm³/mol. The van der Waals surface area contributed by atoms with Crippen molar-refractivity contribution in [2.45, 2.75) is 38.3 Å². The van der Waals surface area contributed by atoms with Gasteiger partial charge in [0.2, 0.25) is 0 Å². The molecule has 2 heterocycles. The highest BCUT2D eigenvalue weighted by Gasteiger charge is 2.21. The summed E-state index contributed by atoms with van der Waals surface area (Å²) in [6, 6.07) is 5.58.